The fourth-order valence-electron chi connectivity index (χ4n) is 2.25. The number of benzene rings is 1. The summed E-state index contributed by atoms with van der Waals surface area (Å²) < 4.78 is 37.4. The van der Waals surface area contributed by atoms with Crippen molar-refractivity contribution >= 4 is 5.91 Å². The molecular formula is C19H21F3N2O. The van der Waals surface area contributed by atoms with Crippen molar-refractivity contribution in [1.82, 2.24) is 10.3 Å². The number of carbonyl (C=O) groups is 1. The third-order valence-electron chi connectivity index (χ3n) is 3.80. The van der Waals surface area contributed by atoms with E-state index < -0.39 is 11.7 Å². The molecule has 25 heavy (non-hydrogen) atoms. The average molecular weight is 350 g/mol. The second-order valence-corrected chi connectivity index (χ2v) is 6.94. The maximum absolute atomic E-state index is 12.5. The molecule has 2 rings (SSSR count). The van der Waals surface area contributed by atoms with Gasteiger partial charge in [0.05, 0.1) is 12.0 Å². The second-order valence-electron chi connectivity index (χ2n) is 6.94. The molecule has 0 fully saturated rings. The van der Waals surface area contributed by atoms with Gasteiger partial charge in [-0.1, -0.05) is 45.0 Å². The highest BCUT2D eigenvalue weighted by molar-refractivity contribution is 5.78. The quantitative estimate of drug-likeness (QED) is 0.895. The molecule has 1 amide bonds. The van der Waals surface area contributed by atoms with Gasteiger partial charge < -0.3 is 5.32 Å². The van der Waals surface area contributed by atoms with Crippen LogP contribution in [0.1, 0.15) is 43.2 Å². The van der Waals surface area contributed by atoms with Gasteiger partial charge in [0.1, 0.15) is 0 Å². The Hall–Kier alpha value is -2.37. The molecule has 2 aromatic rings. The van der Waals surface area contributed by atoms with Gasteiger partial charge in [-0.2, -0.15) is 13.2 Å². The van der Waals surface area contributed by atoms with Gasteiger partial charge in [0.15, 0.2) is 0 Å². The Morgan fingerprint density at radius 1 is 1.00 bits per heavy atom. The molecule has 3 nitrogen and oxygen atoms in total. The molecule has 0 aliphatic rings. The van der Waals surface area contributed by atoms with Crippen LogP contribution in [-0.2, 0) is 29.4 Å². The third-order valence-corrected chi connectivity index (χ3v) is 3.80. The predicted molar refractivity (Wildman–Crippen MR) is 89.9 cm³/mol. The number of pyridine rings is 1. The largest absolute Gasteiger partial charge is 0.417 e. The molecule has 0 radical (unpaired) electrons. The van der Waals surface area contributed by atoms with Crippen molar-refractivity contribution in [2.75, 3.05) is 0 Å². The zero-order valence-corrected chi connectivity index (χ0v) is 14.4. The number of rotatable bonds is 4. The van der Waals surface area contributed by atoms with Gasteiger partial charge in [-0.15, -0.1) is 0 Å². The summed E-state index contributed by atoms with van der Waals surface area (Å²) in [6.45, 7) is 6.74. The lowest BCUT2D eigenvalue weighted by atomic mass is 9.87. The van der Waals surface area contributed by atoms with Crippen molar-refractivity contribution in [3.05, 3.63) is 65.0 Å². The molecule has 0 bridgehead atoms. The van der Waals surface area contributed by atoms with Gasteiger partial charge in [-0.25, -0.2) is 0 Å². The van der Waals surface area contributed by atoms with E-state index in [4.69, 9.17) is 0 Å². The number of hydrogen-bond acceptors (Lipinski definition) is 2. The van der Waals surface area contributed by atoms with Crippen LogP contribution in [0.15, 0.2) is 42.6 Å². The molecule has 1 aromatic heterocycles. The first-order valence-corrected chi connectivity index (χ1v) is 7.94. The van der Waals surface area contributed by atoms with Crippen LogP contribution in [0.3, 0.4) is 0 Å². The normalized spacial score (nSPS) is 12.1. The maximum Gasteiger partial charge on any atom is 0.417 e. The second kappa shape index (κ2) is 7.25. The number of alkyl halides is 3. The first-order valence-electron chi connectivity index (χ1n) is 7.94. The van der Waals surface area contributed by atoms with Crippen molar-refractivity contribution in [3.63, 3.8) is 0 Å². The van der Waals surface area contributed by atoms with E-state index in [-0.39, 0.29) is 17.7 Å². The first-order chi connectivity index (χ1) is 11.6. The molecule has 0 saturated heterocycles. The van der Waals surface area contributed by atoms with E-state index in [0.29, 0.717) is 12.2 Å². The van der Waals surface area contributed by atoms with Gasteiger partial charge >= 0.3 is 6.18 Å². The summed E-state index contributed by atoms with van der Waals surface area (Å²) in [6.07, 6.45) is -3.74. The summed E-state index contributed by atoms with van der Waals surface area (Å²) in [7, 11) is 0. The topological polar surface area (TPSA) is 42.0 Å². The lowest BCUT2D eigenvalue weighted by Crippen LogP contribution is -2.25. The molecule has 0 saturated carbocycles. The number of carbonyl (C=O) groups excluding carboxylic acids is 1. The standard InChI is InChI=1S/C19H21F3N2O/c1-18(2,3)14-6-4-13(5-7-14)11-24-17(25)10-16-9-8-15(12-23-16)19(20,21)22/h4-9,12H,10-11H2,1-3H3,(H,24,25). The fourth-order valence-corrected chi connectivity index (χ4v) is 2.25. The smallest absolute Gasteiger partial charge is 0.352 e. The summed E-state index contributed by atoms with van der Waals surface area (Å²) in [6, 6.07) is 10.1. The SMILES string of the molecule is CC(C)(C)c1ccc(CNC(=O)Cc2ccc(C(F)(F)F)cn2)cc1. The summed E-state index contributed by atoms with van der Waals surface area (Å²) in [4.78, 5) is 15.6. The van der Waals surface area contributed by atoms with Crippen molar-refractivity contribution in [1.29, 1.82) is 0 Å². The highest BCUT2D eigenvalue weighted by Crippen LogP contribution is 2.28. The number of aromatic nitrogens is 1. The van der Waals surface area contributed by atoms with Gasteiger partial charge in [0, 0.05) is 18.4 Å². The van der Waals surface area contributed by atoms with Gasteiger partial charge in [0.25, 0.3) is 0 Å². The van der Waals surface area contributed by atoms with E-state index in [1.165, 1.54) is 11.6 Å². The van der Waals surface area contributed by atoms with Crippen LogP contribution in [0, 0.1) is 0 Å². The van der Waals surface area contributed by atoms with Crippen LogP contribution in [0.25, 0.3) is 0 Å². The maximum atomic E-state index is 12.5. The van der Waals surface area contributed by atoms with Crippen LogP contribution < -0.4 is 5.32 Å². The van der Waals surface area contributed by atoms with Crippen LogP contribution in [0.2, 0.25) is 0 Å². The molecule has 0 unspecified atom stereocenters. The minimum Gasteiger partial charge on any atom is -0.352 e. The lowest BCUT2D eigenvalue weighted by molar-refractivity contribution is -0.137. The monoisotopic (exact) mass is 350 g/mol. The molecule has 1 heterocycles. The molecule has 1 aromatic carbocycles. The van der Waals surface area contributed by atoms with Crippen LogP contribution in [0.4, 0.5) is 13.2 Å². The number of hydrogen-bond donors (Lipinski definition) is 1. The summed E-state index contributed by atoms with van der Waals surface area (Å²) in [5.74, 6) is -0.285. The number of nitrogens with one attached hydrogen (secondary N) is 1. The minimum absolute atomic E-state index is 0.0573. The van der Waals surface area contributed by atoms with Crippen molar-refractivity contribution in [2.45, 2.75) is 45.3 Å². The van der Waals surface area contributed by atoms with Crippen LogP contribution >= 0.6 is 0 Å². The Labute approximate surface area is 145 Å². The van der Waals surface area contributed by atoms with Crippen molar-refractivity contribution < 1.29 is 18.0 Å². The lowest BCUT2D eigenvalue weighted by Gasteiger charge is -2.19. The van der Waals surface area contributed by atoms with Gasteiger partial charge in [0.2, 0.25) is 5.91 Å². The summed E-state index contributed by atoms with van der Waals surface area (Å²) in [5.41, 5.74) is 1.71. The van der Waals surface area contributed by atoms with Gasteiger partial charge in [-0.3, -0.25) is 9.78 Å². The fraction of sp³-hybridized carbons (Fsp3) is 0.368. The van der Waals surface area contributed by atoms with Crippen molar-refractivity contribution in [3.8, 4) is 0 Å². The van der Waals surface area contributed by atoms with E-state index in [0.717, 1.165) is 17.8 Å². The molecule has 1 N–H and O–H groups in total. The molecule has 0 aliphatic carbocycles. The van der Waals surface area contributed by atoms with E-state index in [2.05, 4.69) is 31.1 Å². The van der Waals surface area contributed by atoms with Crippen molar-refractivity contribution in [2.24, 2.45) is 0 Å². The van der Waals surface area contributed by atoms with E-state index in [1.807, 2.05) is 24.3 Å². The minimum atomic E-state index is -4.42. The highest BCUT2D eigenvalue weighted by Gasteiger charge is 2.30. The third kappa shape index (κ3) is 5.59. The summed E-state index contributed by atoms with van der Waals surface area (Å²) in [5, 5.41) is 2.75. The first kappa shape index (κ1) is 19.0. The Bertz CT molecular complexity index is 714. The Balaban J connectivity index is 1.88. The number of amides is 1. The zero-order chi connectivity index (χ0) is 18.7. The molecule has 0 atom stereocenters. The van der Waals surface area contributed by atoms with E-state index in [9.17, 15) is 18.0 Å². The molecule has 134 valence electrons. The average Bonchev–Trinajstić information content (AvgIpc) is 2.52. The van der Waals surface area contributed by atoms with E-state index >= 15 is 0 Å². The molecular weight excluding hydrogens is 329 g/mol. The van der Waals surface area contributed by atoms with E-state index in [1.54, 1.807) is 0 Å². The highest BCUT2D eigenvalue weighted by atomic mass is 19.4. The molecule has 0 spiro atoms. The molecule has 0 aliphatic heterocycles. The molecule has 6 heteroatoms. The Morgan fingerprint density at radius 3 is 2.08 bits per heavy atom. The predicted octanol–water partition coefficient (Wildman–Crippen LogP) is 4.26. The van der Waals surface area contributed by atoms with Crippen LogP contribution in [-0.4, -0.2) is 10.9 Å². The zero-order valence-electron chi connectivity index (χ0n) is 14.4. The Kier molecular flexibility index (Phi) is 5.50. The van der Waals surface area contributed by atoms with Gasteiger partial charge in [-0.05, 0) is 28.7 Å². The number of nitrogens with zero attached hydrogens (tertiary/aromatic N) is 1. The number of halogens is 3. The van der Waals surface area contributed by atoms with Crippen LogP contribution in [0.5, 0.6) is 0 Å². The summed E-state index contributed by atoms with van der Waals surface area (Å²) >= 11 is 0. The Morgan fingerprint density at radius 2 is 1.60 bits per heavy atom.